The molecule has 2 rings (SSSR count). The highest BCUT2D eigenvalue weighted by Gasteiger charge is 2.16. The van der Waals surface area contributed by atoms with Crippen LogP contribution in [-0.4, -0.2) is 10.0 Å². The van der Waals surface area contributed by atoms with E-state index < -0.39 is 4.92 Å². The third kappa shape index (κ3) is 3.31. The Bertz CT molecular complexity index is 645. The molecule has 0 amide bonds. The zero-order valence-electron chi connectivity index (χ0n) is 10.1. The summed E-state index contributed by atoms with van der Waals surface area (Å²) >= 11 is 11.6. The van der Waals surface area contributed by atoms with Gasteiger partial charge in [-0.2, -0.15) is 0 Å². The van der Waals surface area contributed by atoms with Crippen LogP contribution >= 0.6 is 23.2 Å². The fourth-order valence-corrected chi connectivity index (χ4v) is 1.96. The van der Waals surface area contributed by atoms with Crippen molar-refractivity contribution in [1.82, 2.24) is 0 Å². The molecule has 0 aliphatic carbocycles. The number of aromatic hydroxyl groups is 1. The lowest BCUT2D eigenvalue weighted by molar-refractivity contribution is -0.383. The second-order valence-electron chi connectivity index (χ2n) is 4.06. The first kappa shape index (κ1) is 14.4. The third-order valence-corrected chi connectivity index (χ3v) is 3.38. The Balaban J connectivity index is 2.22. The van der Waals surface area contributed by atoms with E-state index in [0.717, 1.165) is 5.56 Å². The van der Waals surface area contributed by atoms with Gasteiger partial charge in [0.15, 0.2) is 0 Å². The number of anilines is 1. The molecule has 0 aliphatic rings. The van der Waals surface area contributed by atoms with Crippen LogP contribution < -0.4 is 5.32 Å². The summed E-state index contributed by atoms with van der Waals surface area (Å²) < 4.78 is 0. The number of nitro benzene ring substituents is 1. The van der Waals surface area contributed by atoms with Crippen LogP contribution in [0.15, 0.2) is 36.4 Å². The van der Waals surface area contributed by atoms with Crippen molar-refractivity contribution >= 4 is 34.6 Å². The summed E-state index contributed by atoms with van der Waals surface area (Å²) in [7, 11) is 0. The van der Waals surface area contributed by atoms with E-state index in [1.807, 2.05) is 0 Å². The Kier molecular flexibility index (Phi) is 4.32. The summed E-state index contributed by atoms with van der Waals surface area (Å²) in [5.41, 5.74) is 1.01. The highest BCUT2D eigenvalue weighted by molar-refractivity contribution is 6.42. The maximum absolute atomic E-state index is 11.0. The molecule has 5 nitrogen and oxygen atoms in total. The summed E-state index contributed by atoms with van der Waals surface area (Å²) in [6.07, 6.45) is 0. The minimum absolute atomic E-state index is 0.133. The van der Waals surface area contributed by atoms with Crippen molar-refractivity contribution in [3.63, 3.8) is 0 Å². The van der Waals surface area contributed by atoms with Crippen LogP contribution in [0.4, 0.5) is 11.4 Å². The van der Waals surface area contributed by atoms with Gasteiger partial charge in [-0.1, -0.05) is 35.3 Å². The molecular formula is C13H10Cl2N2O3. The van der Waals surface area contributed by atoms with Crippen molar-refractivity contribution in [2.45, 2.75) is 6.54 Å². The van der Waals surface area contributed by atoms with E-state index in [2.05, 4.69) is 5.32 Å². The van der Waals surface area contributed by atoms with Crippen LogP contribution in [0.5, 0.6) is 5.75 Å². The van der Waals surface area contributed by atoms with Crippen molar-refractivity contribution in [1.29, 1.82) is 0 Å². The predicted molar refractivity (Wildman–Crippen MR) is 78.5 cm³/mol. The van der Waals surface area contributed by atoms with Gasteiger partial charge in [-0.25, -0.2) is 0 Å². The second-order valence-corrected chi connectivity index (χ2v) is 4.87. The predicted octanol–water partition coefficient (Wildman–Crippen LogP) is 4.22. The molecule has 2 aromatic carbocycles. The summed E-state index contributed by atoms with van der Waals surface area (Å²) in [5.74, 6) is 0.161. The Labute approximate surface area is 124 Å². The zero-order chi connectivity index (χ0) is 14.7. The summed E-state index contributed by atoms with van der Waals surface area (Å²) in [4.78, 5) is 10.4. The molecule has 2 N–H and O–H groups in total. The number of nitro groups is 1. The molecule has 7 heteroatoms. The van der Waals surface area contributed by atoms with E-state index in [1.54, 1.807) is 24.3 Å². The van der Waals surface area contributed by atoms with Gasteiger partial charge < -0.3 is 10.4 Å². The zero-order valence-corrected chi connectivity index (χ0v) is 11.6. The minimum atomic E-state index is -0.526. The fraction of sp³-hybridized carbons (Fsp3) is 0.0769. The summed E-state index contributed by atoms with van der Waals surface area (Å²) in [5, 5.41) is 23.5. The molecule has 0 unspecified atom stereocenters. The maximum atomic E-state index is 11.0. The highest BCUT2D eigenvalue weighted by atomic mass is 35.5. The normalized spacial score (nSPS) is 10.3. The smallest absolute Gasteiger partial charge is 0.293 e. The van der Waals surface area contributed by atoms with E-state index in [4.69, 9.17) is 23.2 Å². The molecular weight excluding hydrogens is 303 g/mol. The van der Waals surface area contributed by atoms with Gasteiger partial charge in [0.05, 0.1) is 15.0 Å². The number of hydrogen-bond donors (Lipinski definition) is 2. The van der Waals surface area contributed by atoms with Gasteiger partial charge in [-0.15, -0.1) is 0 Å². The number of benzene rings is 2. The number of nitrogens with zero attached hydrogens (tertiary/aromatic N) is 1. The number of nitrogens with one attached hydrogen (secondary N) is 1. The molecule has 0 aliphatic heterocycles. The molecule has 0 fully saturated rings. The quantitative estimate of drug-likeness (QED) is 0.654. The Morgan fingerprint density at radius 1 is 1.15 bits per heavy atom. The Hall–Kier alpha value is -1.98. The molecule has 0 saturated heterocycles. The monoisotopic (exact) mass is 312 g/mol. The topological polar surface area (TPSA) is 75.4 Å². The molecule has 20 heavy (non-hydrogen) atoms. The van der Waals surface area contributed by atoms with Crippen molar-refractivity contribution in [2.24, 2.45) is 0 Å². The molecule has 0 aromatic heterocycles. The first-order valence-electron chi connectivity index (χ1n) is 5.62. The van der Waals surface area contributed by atoms with Gasteiger partial charge in [-0.05, 0) is 23.8 Å². The van der Waals surface area contributed by atoms with Crippen LogP contribution in [0.25, 0.3) is 0 Å². The number of rotatable bonds is 4. The fourth-order valence-electron chi connectivity index (χ4n) is 1.64. The molecule has 104 valence electrons. The molecule has 0 saturated carbocycles. The summed E-state index contributed by atoms with van der Waals surface area (Å²) in [6, 6.07) is 9.14. The van der Waals surface area contributed by atoms with E-state index in [9.17, 15) is 15.2 Å². The van der Waals surface area contributed by atoms with Crippen molar-refractivity contribution in [2.75, 3.05) is 5.32 Å². The van der Waals surface area contributed by atoms with Crippen LogP contribution in [0, 0.1) is 10.1 Å². The number of halogens is 2. The van der Waals surface area contributed by atoms with E-state index in [0.29, 0.717) is 6.54 Å². The first-order valence-corrected chi connectivity index (χ1v) is 6.38. The molecule has 0 bridgehead atoms. The van der Waals surface area contributed by atoms with Crippen LogP contribution in [0.1, 0.15) is 5.56 Å². The minimum Gasteiger partial charge on any atom is -0.508 e. The highest BCUT2D eigenvalue weighted by Crippen LogP contribution is 2.34. The Morgan fingerprint density at radius 2 is 1.75 bits per heavy atom. The van der Waals surface area contributed by atoms with Crippen LogP contribution in [-0.2, 0) is 6.54 Å². The molecule has 0 atom stereocenters. The number of phenolic OH excluding ortho intramolecular Hbond substituents is 1. The SMILES string of the molecule is O=[N+]([O-])c1cc(Cl)c(Cl)cc1NCc1ccc(O)cc1. The van der Waals surface area contributed by atoms with E-state index in [1.165, 1.54) is 12.1 Å². The van der Waals surface area contributed by atoms with Gasteiger partial charge >= 0.3 is 0 Å². The molecule has 0 spiro atoms. The molecule has 0 radical (unpaired) electrons. The van der Waals surface area contributed by atoms with E-state index >= 15 is 0 Å². The van der Waals surface area contributed by atoms with Gasteiger partial charge in [0.2, 0.25) is 0 Å². The van der Waals surface area contributed by atoms with Crippen LogP contribution in [0.2, 0.25) is 10.0 Å². The second kappa shape index (κ2) is 5.98. The summed E-state index contributed by atoms with van der Waals surface area (Å²) in [6.45, 7) is 0.360. The average Bonchev–Trinajstić information content (AvgIpc) is 2.41. The van der Waals surface area contributed by atoms with Crippen molar-refractivity contribution in [3.05, 3.63) is 62.1 Å². The largest absolute Gasteiger partial charge is 0.508 e. The van der Waals surface area contributed by atoms with Crippen molar-refractivity contribution in [3.8, 4) is 5.75 Å². The molecule has 0 heterocycles. The first-order chi connectivity index (χ1) is 9.47. The van der Waals surface area contributed by atoms with E-state index in [-0.39, 0.29) is 27.2 Å². The van der Waals surface area contributed by atoms with Gasteiger partial charge in [-0.3, -0.25) is 10.1 Å². The van der Waals surface area contributed by atoms with Gasteiger partial charge in [0.1, 0.15) is 11.4 Å². The standard InChI is InChI=1S/C13H10Cl2N2O3/c14-10-5-12(13(17(19)20)6-11(10)15)16-7-8-1-3-9(18)4-2-8/h1-6,16,18H,7H2. The maximum Gasteiger partial charge on any atom is 0.293 e. The van der Waals surface area contributed by atoms with Crippen LogP contribution in [0.3, 0.4) is 0 Å². The van der Waals surface area contributed by atoms with Gasteiger partial charge in [0, 0.05) is 12.6 Å². The average molecular weight is 313 g/mol. The lowest BCUT2D eigenvalue weighted by Crippen LogP contribution is -2.02. The lowest BCUT2D eigenvalue weighted by Gasteiger charge is -2.08. The Morgan fingerprint density at radius 3 is 2.35 bits per heavy atom. The molecule has 2 aromatic rings. The third-order valence-electron chi connectivity index (χ3n) is 2.65. The lowest BCUT2D eigenvalue weighted by atomic mass is 10.2. The number of hydrogen-bond acceptors (Lipinski definition) is 4. The van der Waals surface area contributed by atoms with Gasteiger partial charge in [0.25, 0.3) is 5.69 Å². The number of phenols is 1. The van der Waals surface area contributed by atoms with Crippen molar-refractivity contribution < 1.29 is 10.0 Å².